The molecule has 0 aromatic carbocycles. The van der Waals surface area contributed by atoms with Crippen molar-refractivity contribution in [2.75, 3.05) is 13.1 Å². The van der Waals surface area contributed by atoms with Crippen molar-refractivity contribution in [2.45, 2.75) is 97.6 Å². The van der Waals surface area contributed by atoms with E-state index in [-0.39, 0.29) is 49.3 Å². The molecule has 6 N–H and O–H groups in total. The predicted molar refractivity (Wildman–Crippen MR) is 136 cm³/mol. The summed E-state index contributed by atoms with van der Waals surface area (Å²) in [5.74, 6) is -3.99. The number of amides is 4. The Hall–Kier alpha value is -3.18. The van der Waals surface area contributed by atoms with Crippen LogP contribution in [0.5, 0.6) is 0 Å². The summed E-state index contributed by atoms with van der Waals surface area (Å²) in [7, 11) is 0. The standard InChI is InChI=1S/C25H44N4O8/c1-5-16(3)22(28-18(30)10-12-20(32)33)24(36)26-14-8-7-9-15-27-25(37)23(17(4)6-2)29-19(31)11-13-21(34)35/h16-17,22-23H,5-15H2,1-4H3,(H,26,36)(H,27,37)(H,28,30)(H,29,31)(H,32,33)(H,34,35)/t16?,17?,22-,23-/m0/s1. The fourth-order valence-electron chi connectivity index (χ4n) is 3.41. The van der Waals surface area contributed by atoms with E-state index in [1.54, 1.807) is 0 Å². The molecule has 0 saturated carbocycles. The lowest BCUT2D eigenvalue weighted by molar-refractivity contribution is -0.139. The monoisotopic (exact) mass is 528 g/mol. The first-order chi connectivity index (χ1) is 17.4. The van der Waals surface area contributed by atoms with Crippen LogP contribution in [0.15, 0.2) is 0 Å². The fourth-order valence-corrected chi connectivity index (χ4v) is 3.41. The maximum absolute atomic E-state index is 12.6. The van der Waals surface area contributed by atoms with Crippen LogP contribution in [0, 0.1) is 11.8 Å². The molecule has 0 fully saturated rings. The minimum Gasteiger partial charge on any atom is -0.481 e. The molecule has 0 bridgehead atoms. The number of unbranched alkanes of at least 4 members (excludes halogenated alkanes) is 2. The van der Waals surface area contributed by atoms with Crippen molar-refractivity contribution in [3.8, 4) is 0 Å². The van der Waals surface area contributed by atoms with Crippen LogP contribution in [0.3, 0.4) is 0 Å². The number of aliphatic carboxylic acids is 2. The first-order valence-electron chi connectivity index (χ1n) is 13.0. The molecule has 0 radical (unpaired) electrons. The Labute approximate surface area is 218 Å². The number of carbonyl (C=O) groups excluding carboxylic acids is 4. The van der Waals surface area contributed by atoms with Gasteiger partial charge in [-0.1, -0.05) is 40.5 Å². The van der Waals surface area contributed by atoms with Gasteiger partial charge in [0.15, 0.2) is 0 Å². The van der Waals surface area contributed by atoms with Crippen LogP contribution < -0.4 is 21.3 Å². The SMILES string of the molecule is CCC(C)[C@H](NC(=O)CCC(=O)O)C(=O)NCCCCCNC(=O)[C@@H](NC(=O)CCC(=O)O)C(C)CC. The van der Waals surface area contributed by atoms with Gasteiger partial charge in [0, 0.05) is 25.9 Å². The van der Waals surface area contributed by atoms with Crippen LogP contribution in [-0.2, 0) is 28.8 Å². The number of hydrogen-bond acceptors (Lipinski definition) is 6. The Morgan fingerprint density at radius 1 is 0.595 bits per heavy atom. The van der Waals surface area contributed by atoms with Crippen LogP contribution in [-0.4, -0.2) is 71.0 Å². The Bertz CT molecular complexity index is 712. The molecule has 0 aliphatic carbocycles. The van der Waals surface area contributed by atoms with Crippen molar-refractivity contribution in [3.05, 3.63) is 0 Å². The van der Waals surface area contributed by atoms with Gasteiger partial charge < -0.3 is 31.5 Å². The lowest BCUT2D eigenvalue weighted by Gasteiger charge is -2.24. The summed E-state index contributed by atoms with van der Waals surface area (Å²) in [6.07, 6.45) is 2.38. The van der Waals surface area contributed by atoms with E-state index in [9.17, 15) is 28.8 Å². The molecule has 212 valence electrons. The molecule has 0 aliphatic heterocycles. The number of nitrogens with one attached hydrogen (secondary N) is 4. The lowest BCUT2D eigenvalue weighted by atomic mass is 9.98. The van der Waals surface area contributed by atoms with Crippen molar-refractivity contribution in [3.63, 3.8) is 0 Å². The molecule has 0 aliphatic rings. The molecule has 2 unspecified atom stereocenters. The summed E-state index contributed by atoms with van der Waals surface area (Å²) < 4.78 is 0. The molecule has 0 aromatic rings. The van der Waals surface area contributed by atoms with Gasteiger partial charge in [-0.25, -0.2) is 0 Å². The summed E-state index contributed by atoms with van der Waals surface area (Å²) in [5, 5.41) is 28.3. The molecule has 0 aromatic heterocycles. The maximum Gasteiger partial charge on any atom is 0.303 e. The van der Waals surface area contributed by atoms with Crippen molar-refractivity contribution in [1.82, 2.24) is 21.3 Å². The van der Waals surface area contributed by atoms with E-state index in [1.807, 2.05) is 27.7 Å². The molecule has 4 amide bonds. The van der Waals surface area contributed by atoms with Gasteiger partial charge >= 0.3 is 11.9 Å². The van der Waals surface area contributed by atoms with Crippen molar-refractivity contribution >= 4 is 35.6 Å². The number of hydrogen-bond donors (Lipinski definition) is 6. The van der Waals surface area contributed by atoms with Gasteiger partial charge in [-0.2, -0.15) is 0 Å². The maximum atomic E-state index is 12.6. The minimum atomic E-state index is -1.08. The van der Waals surface area contributed by atoms with Gasteiger partial charge in [0.05, 0.1) is 12.8 Å². The van der Waals surface area contributed by atoms with Gasteiger partial charge in [0.25, 0.3) is 0 Å². The molecule has 4 atom stereocenters. The average molecular weight is 529 g/mol. The third-order valence-corrected chi connectivity index (χ3v) is 6.21. The molecular weight excluding hydrogens is 484 g/mol. The Morgan fingerprint density at radius 3 is 1.24 bits per heavy atom. The van der Waals surface area contributed by atoms with Crippen LogP contribution >= 0.6 is 0 Å². The zero-order chi connectivity index (χ0) is 28.4. The van der Waals surface area contributed by atoms with E-state index in [2.05, 4.69) is 21.3 Å². The normalized spacial score (nSPS) is 13.9. The second-order valence-electron chi connectivity index (χ2n) is 9.29. The number of carboxylic acid groups (broad SMARTS) is 2. The average Bonchev–Trinajstić information content (AvgIpc) is 2.85. The lowest BCUT2D eigenvalue weighted by Crippen LogP contribution is -2.50. The molecule has 0 saturated heterocycles. The van der Waals surface area contributed by atoms with Gasteiger partial charge in [-0.15, -0.1) is 0 Å². The highest BCUT2D eigenvalue weighted by Crippen LogP contribution is 2.10. The third-order valence-electron chi connectivity index (χ3n) is 6.21. The summed E-state index contributed by atoms with van der Waals surface area (Å²) in [6, 6.07) is -1.48. The highest BCUT2D eigenvalue weighted by atomic mass is 16.4. The second kappa shape index (κ2) is 19.0. The molecule has 12 nitrogen and oxygen atoms in total. The highest BCUT2D eigenvalue weighted by Gasteiger charge is 2.26. The second-order valence-corrected chi connectivity index (χ2v) is 9.29. The Morgan fingerprint density at radius 2 is 0.946 bits per heavy atom. The largest absolute Gasteiger partial charge is 0.481 e. The van der Waals surface area contributed by atoms with Crippen molar-refractivity contribution in [1.29, 1.82) is 0 Å². The van der Waals surface area contributed by atoms with Crippen LogP contribution in [0.4, 0.5) is 0 Å². The fraction of sp³-hybridized carbons (Fsp3) is 0.760. The van der Waals surface area contributed by atoms with Gasteiger partial charge in [-0.05, 0) is 31.1 Å². The quantitative estimate of drug-likeness (QED) is 0.127. The Kier molecular flexibility index (Phi) is 17.4. The molecular formula is C25H44N4O8. The Balaban J connectivity index is 4.44. The zero-order valence-corrected chi connectivity index (χ0v) is 22.4. The van der Waals surface area contributed by atoms with E-state index in [0.717, 1.165) is 6.42 Å². The zero-order valence-electron chi connectivity index (χ0n) is 22.4. The van der Waals surface area contributed by atoms with E-state index in [0.29, 0.717) is 38.8 Å². The molecule has 12 heteroatoms. The first kappa shape index (κ1) is 33.8. The van der Waals surface area contributed by atoms with E-state index in [1.165, 1.54) is 0 Å². The number of rotatable bonds is 20. The van der Waals surface area contributed by atoms with Crippen LogP contribution in [0.25, 0.3) is 0 Å². The highest BCUT2D eigenvalue weighted by molar-refractivity contribution is 5.89. The van der Waals surface area contributed by atoms with Gasteiger partial charge in [-0.3, -0.25) is 28.8 Å². The molecule has 37 heavy (non-hydrogen) atoms. The summed E-state index contributed by atoms with van der Waals surface area (Å²) in [6.45, 7) is 8.25. The molecule has 0 spiro atoms. The van der Waals surface area contributed by atoms with Crippen molar-refractivity contribution in [2.24, 2.45) is 11.8 Å². The smallest absolute Gasteiger partial charge is 0.303 e. The predicted octanol–water partition coefficient (Wildman–Crippen LogP) is 1.18. The van der Waals surface area contributed by atoms with Crippen LogP contribution in [0.2, 0.25) is 0 Å². The van der Waals surface area contributed by atoms with Gasteiger partial charge in [0.1, 0.15) is 12.1 Å². The summed E-state index contributed by atoms with van der Waals surface area (Å²) in [4.78, 5) is 70.4. The topological polar surface area (TPSA) is 191 Å². The summed E-state index contributed by atoms with van der Waals surface area (Å²) >= 11 is 0. The van der Waals surface area contributed by atoms with E-state index >= 15 is 0 Å². The minimum absolute atomic E-state index is 0.118. The first-order valence-corrected chi connectivity index (χ1v) is 13.0. The molecule has 0 heterocycles. The molecule has 0 rings (SSSR count). The summed E-state index contributed by atoms with van der Waals surface area (Å²) in [5.41, 5.74) is 0. The third kappa shape index (κ3) is 15.5. The van der Waals surface area contributed by atoms with Gasteiger partial charge in [0.2, 0.25) is 23.6 Å². The van der Waals surface area contributed by atoms with E-state index < -0.39 is 35.8 Å². The van der Waals surface area contributed by atoms with Crippen molar-refractivity contribution < 1.29 is 39.0 Å². The van der Waals surface area contributed by atoms with Crippen LogP contribution in [0.1, 0.15) is 85.5 Å². The number of carbonyl (C=O) groups is 6. The van der Waals surface area contributed by atoms with E-state index in [4.69, 9.17) is 10.2 Å². The number of carboxylic acids is 2.